The van der Waals surface area contributed by atoms with Gasteiger partial charge < -0.3 is 15.7 Å². The number of pyridine rings is 2. The maximum absolute atomic E-state index is 12.9. The first-order valence-corrected chi connectivity index (χ1v) is 12.1. The second-order valence-electron chi connectivity index (χ2n) is 9.53. The van der Waals surface area contributed by atoms with Gasteiger partial charge in [-0.15, -0.1) is 0 Å². The van der Waals surface area contributed by atoms with Crippen molar-refractivity contribution in [3.63, 3.8) is 0 Å². The highest BCUT2D eigenvalue weighted by atomic mass is 16.4. The Balaban J connectivity index is 1.15. The number of rotatable bonds is 8. The number of amides is 1. The number of carboxylic acids is 1. The molecule has 0 spiro atoms. The molecule has 1 saturated carbocycles. The number of nitrogens with one attached hydrogen (secondary N) is 2. The van der Waals surface area contributed by atoms with E-state index in [1.807, 2.05) is 30.3 Å². The molecule has 2 aromatic heterocycles. The van der Waals surface area contributed by atoms with Gasteiger partial charge in [0.1, 0.15) is 5.82 Å². The Morgan fingerprint density at radius 3 is 2.88 bits per heavy atom. The fraction of sp³-hybridized carbons (Fsp3) is 0.407. The molecule has 0 bridgehead atoms. The van der Waals surface area contributed by atoms with Crippen LogP contribution in [0.2, 0.25) is 0 Å². The summed E-state index contributed by atoms with van der Waals surface area (Å²) < 4.78 is 0. The molecule has 1 aliphatic heterocycles. The van der Waals surface area contributed by atoms with Crippen molar-refractivity contribution in [3.8, 4) is 0 Å². The van der Waals surface area contributed by atoms with Gasteiger partial charge >= 0.3 is 5.97 Å². The van der Waals surface area contributed by atoms with Crippen LogP contribution >= 0.6 is 0 Å². The first-order valence-electron chi connectivity index (χ1n) is 12.1. The number of fused-ring (bicyclic) bond motifs is 2. The van der Waals surface area contributed by atoms with Crippen molar-refractivity contribution in [3.05, 3.63) is 65.5 Å². The Morgan fingerprint density at radius 2 is 2.03 bits per heavy atom. The summed E-state index contributed by atoms with van der Waals surface area (Å²) in [5.74, 6) is 0.459. The van der Waals surface area contributed by atoms with Crippen molar-refractivity contribution in [2.75, 3.05) is 11.9 Å². The number of benzene rings is 1. The van der Waals surface area contributed by atoms with Crippen molar-refractivity contribution in [2.24, 2.45) is 11.8 Å². The van der Waals surface area contributed by atoms with Crippen molar-refractivity contribution in [1.82, 2.24) is 15.3 Å². The summed E-state index contributed by atoms with van der Waals surface area (Å²) in [6, 6.07) is 13.3. The molecule has 176 valence electrons. The van der Waals surface area contributed by atoms with Crippen LogP contribution in [-0.4, -0.2) is 33.5 Å². The molecule has 7 nitrogen and oxygen atoms in total. The van der Waals surface area contributed by atoms with Gasteiger partial charge in [0.15, 0.2) is 0 Å². The molecule has 1 aliphatic carbocycles. The number of aromatic nitrogens is 2. The molecular weight excluding hydrogens is 428 g/mol. The molecule has 0 radical (unpaired) electrons. The fourth-order valence-electron chi connectivity index (χ4n) is 5.04. The van der Waals surface area contributed by atoms with E-state index in [-0.39, 0.29) is 18.2 Å². The van der Waals surface area contributed by atoms with Crippen LogP contribution in [0.4, 0.5) is 5.82 Å². The average Bonchev–Trinajstić information content (AvgIpc) is 2.82. The first-order chi connectivity index (χ1) is 16.5. The Labute approximate surface area is 199 Å². The third-order valence-electron chi connectivity index (χ3n) is 7.08. The number of nitrogens with zero attached hydrogens (tertiary/aromatic N) is 2. The highest BCUT2D eigenvalue weighted by molar-refractivity contribution is 5.82. The number of hydrogen-bond acceptors (Lipinski definition) is 5. The molecule has 1 aromatic carbocycles. The van der Waals surface area contributed by atoms with Gasteiger partial charge in [0, 0.05) is 29.7 Å². The predicted octanol–water partition coefficient (Wildman–Crippen LogP) is 4.28. The normalized spacial score (nSPS) is 20.0. The summed E-state index contributed by atoms with van der Waals surface area (Å²) in [6.45, 7) is 0.987. The molecule has 3 aromatic rings. The van der Waals surface area contributed by atoms with Crippen LogP contribution in [0.1, 0.15) is 55.0 Å². The predicted molar refractivity (Wildman–Crippen MR) is 130 cm³/mol. The monoisotopic (exact) mass is 458 g/mol. The largest absolute Gasteiger partial charge is 0.481 e. The lowest BCUT2D eigenvalue weighted by molar-refractivity contribution is -0.138. The SMILES string of the molecule is O=C(O)C[C@H](NC(=O)C1CC(CCc2ccc3c(n2)NCCC3)C1)c1cnc2ccccc2c1. The lowest BCUT2D eigenvalue weighted by Crippen LogP contribution is -2.41. The van der Waals surface area contributed by atoms with Gasteiger partial charge in [-0.3, -0.25) is 14.6 Å². The number of carbonyl (C=O) groups excluding carboxylic acids is 1. The van der Waals surface area contributed by atoms with Crippen molar-refractivity contribution in [1.29, 1.82) is 0 Å². The van der Waals surface area contributed by atoms with Crippen LogP contribution in [0.3, 0.4) is 0 Å². The molecule has 3 heterocycles. The van der Waals surface area contributed by atoms with E-state index in [4.69, 9.17) is 4.98 Å². The zero-order valence-corrected chi connectivity index (χ0v) is 19.2. The number of aryl methyl sites for hydroxylation is 2. The van der Waals surface area contributed by atoms with Gasteiger partial charge in [-0.1, -0.05) is 24.3 Å². The summed E-state index contributed by atoms with van der Waals surface area (Å²) >= 11 is 0. The highest BCUT2D eigenvalue weighted by Crippen LogP contribution is 2.37. The number of carboxylic acid groups (broad SMARTS) is 1. The summed E-state index contributed by atoms with van der Waals surface area (Å²) in [4.78, 5) is 33.6. The van der Waals surface area contributed by atoms with E-state index in [0.29, 0.717) is 5.92 Å². The van der Waals surface area contributed by atoms with Gasteiger partial charge in [-0.2, -0.15) is 0 Å². The smallest absolute Gasteiger partial charge is 0.305 e. The molecule has 0 unspecified atom stereocenters. The van der Waals surface area contributed by atoms with E-state index in [0.717, 1.165) is 73.0 Å². The van der Waals surface area contributed by atoms with Gasteiger partial charge in [0.25, 0.3) is 0 Å². The summed E-state index contributed by atoms with van der Waals surface area (Å²) in [5.41, 5.74) is 3.97. The number of anilines is 1. The maximum atomic E-state index is 12.9. The minimum absolute atomic E-state index is 0.0622. The molecule has 1 atom stereocenters. The van der Waals surface area contributed by atoms with Crippen LogP contribution in [0, 0.1) is 11.8 Å². The summed E-state index contributed by atoms with van der Waals surface area (Å²) in [5, 5.41) is 16.7. The molecule has 1 amide bonds. The number of carbonyl (C=O) groups is 2. The van der Waals surface area contributed by atoms with Crippen molar-refractivity contribution >= 4 is 28.6 Å². The second-order valence-corrected chi connectivity index (χ2v) is 9.53. The third kappa shape index (κ3) is 5.03. The number of aliphatic carboxylic acids is 1. The molecule has 34 heavy (non-hydrogen) atoms. The standard InChI is InChI=1S/C27H30N4O3/c32-25(33)15-24(21-14-19-4-1-2-6-23(19)29-16-21)31-27(34)20-12-17(13-20)7-9-22-10-8-18-5-3-11-28-26(18)30-22/h1-2,4,6,8,10,14,16-17,20,24H,3,5,7,9,11-13,15H2,(H,28,30)(H,31,34)(H,32,33)/t17?,20?,24-/m0/s1. The quantitative estimate of drug-likeness (QED) is 0.465. The van der Waals surface area contributed by atoms with E-state index in [1.165, 1.54) is 5.56 Å². The molecule has 2 aliphatic rings. The van der Waals surface area contributed by atoms with E-state index in [9.17, 15) is 14.7 Å². The first kappa shape index (κ1) is 22.3. The number of para-hydroxylation sites is 1. The van der Waals surface area contributed by atoms with Gasteiger partial charge in [0.05, 0.1) is 18.0 Å². The van der Waals surface area contributed by atoms with Crippen LogP contribution < -0.4 is 10.6 Å². The van der Waals surface area contributed by atoms with E-state index in [2.05, 4.69) is 27.8 Å². The van der Waals surface area contributed by atoms with Gasteiger partial charge in [0.2, 0.25) is 5.91 Å². The highest BCUT2D eigenvalue weighted by Gasteiger charge is 2.35. The molecule has 3 N–H and O–H groups in total. The summed E-state index contributed by atoms with van der Waals surface area (Å²) in [6.07, 6.45) is 7.36. The van der Waals surface area contributed by atoms with Crippen molar-refractivity contribution in [2.45, 2.75) is 51.0 Å². The maximum Gasteiger partial charge on any atom is 0.305 e. The van der Waals surface area contributed by atoms with Crippen molar-refractivity contribution < 1.29 is 14.7 Å². The van der Waals surface area contributed by atoms with Crippen LogP contribution in [0.25, 0.3) is 10.9 Å². The van der Waals surface area contributed by atoms with E-state index < -0.39 is 12.0 Å². The molecule has 5 rings (SSSR count). The van der Waals surface area contributed by atoms with Gasteiger partial charge in [-0.25, -0.2) is 4.98 Å². The zero-order valence-electron chi connectivity index (χ0n) is 19.2. The Morgan fingerprint density at radius 1 is 1.18 bits per heavy atom. The molecule has 0 saturated heterocycles. The average molecular weight is 459 g/mol. The third-order valence-corrected chi connectivity index (χ3v) is 7.08. The van der Waals surface area contributed by atoms with Gasteiger partial charge in [-0.05, 0) is 73.8 Å². The summed E-state index contributed by atoms with van der Waals surface area (Å²) in [7, 11) is 0. The minimum Gasteiger partial charge on any atom is -0.481 e. The van der Waals surface area contributed by atoms with Crippen LogP contribution in [0.15, 0.2) is 48.7 Å². The molecular formula is C27H30N4O3. The Bertz CT molecular complexity index is 1210. The molecule has 7 heteroatoms. The van der Waals surface area contributed by atoms with E-state index in [1.54, 1.807) is 6.20 Å². The topological polar surface area (TPSA) is 104 Å². The van der Waals surface area contributed by atoms with Crippen LogP contribution in [-0.2, 0) is 22.4 Å². The lowest BCUT2D eigenvalue weighted by Gasteiger charge is -2.35. The fourth-order valence-corrected chi connectivity index (χ4v) is 5.04. The Kier molecular flexibility index (Phi) is 6.43. The van der Waals surface area contributed by atoms with E-state index >= 15 is 0 Å². The second kappa shape index (κ2) is 9.79. The van der Waals surface area contributed by atoms with Crippen LogP contribution in [0.5, 0.6) is 0 Å². The Hall–Kier alpha value is -3.48. The molecule has 1 fully saturated rings. The zero-order chi connectivity index (χ0) is 23.5. The lowest BCUT2D eigenvalue weighted by atomic mass is 9.72. The number of hydrogen-bond donors (Lipinski definition) is 3. The minimum atomic E-state index is -0.947.